The minimum absolute atomic E-state index is 0.0194. The van der Waals surface area contributed by atoms with Crippen molar-refractivity contribution in [1.82, 2.24) is 15.1 Å². The molecule has 9 heteroatoms. The molecule has 0 saturated carbocycles. The molecule has 0 aliphatic carbocycles. The Hall–Kier alpha value is -2.71. The van der Waals surface area contributed by atoms with Crippen LogP contribution in [-0.2, 0) is 0 Å². The summed E-state index contributed by atoms with van der Waals surface area (Å²) in [5.74, 6) is 1.20. The second-order valence-corrected chi connectivity index (χ2v) is 9.24. The summed E-state index contributed by atoms with van der Waals surface area (Å²) in [6.07, 6.45) is 5.33. The zero-order valence-electron chi connectivity index (χ0n) is 18.9. The number of amides is 2. The molecule has 33 heavy (non-hydrogen) atoms. The van der Waals surface area contributed by atoms with E-state index in [2.05, 4.69) is 10.2 Å². The highest BCUT2D eigenvalue weighted by Crippen LogP contribution is 2.29. The molecule has 1 aromatic heterocycles. The van der Waals surface area contributed by atoms with E-state index in [9.17, 15) is 9.59 Å². The van der Waals surface area contributed by atoms with Crippen LogP contribution >= 0.6 is 11.6 Å². The average molecular weight is 475 g/mol. The zero-order valence-corrected chi connectivity index (χ0v) is 19.6. The fourth-order valence-corrected chi connectivity index (χ4v) is 4.84. The molecule has 4 rings (SSSR count). The summed E-state index contributed by atoms with van der Waals surface area (Å²) >= 11 is 6.10. The van der Waals surface area contributed by atoms with Gasteiger partial charge in [0.2, 0.25) is 0 Å². The molecule has 0 atom stereocenters. The number of piperidine rings is 2. The first-order chi connectivity index (χ1) is 15.9. The van der Waals surface area contributed by atoms with Crippen LogP contribution in [0.5, 0.6) is 5.75 Å². The van der Waals surface area contributed by atoms with E-state index >= 15 is 0 Å². The molecule has 2 saturated heterocycles. The number of nitrogens with two attached hydrogens (primary N) is 1. The minimum atomic E-state index is -0.194. The monoisotopic (exact) mass is 474 g/mol. The van der Waals surface area contributed by atoms with Gasteiger partial charge in [-0.25, -0.2) is 0 Å². The number of halogens is 1. The van der Waals surface area contributed by atoms with Gasteiger partial charge in [0.05, 0.1) is 29.6 Å². The maximum atomic E-state index is 12.8. The number of likely N-dealkylation sites (tertiary alicyclic amines) is 2. The molecule has 2 aliphatic heterocycles. The smallest absolute Gasteiger partial charge is 0.289 e. The van der Waals surface area contributed by atoms with E-state index in [1.807, 2.05) is 4.90 Å². The molecule has 0 spiro atoms. The van der Waals surface area contributed by atoms with Crippen LogP contribution in [0.15, 0.2) is 34.9 Å². The van der Waals surface area contributed by atoms with E-state index in [1.165, 1.54) is 13.4 Å². The molecular weight excluding hydrogens is 444 g/mol. The van der Waals surface area contributed by atoms with Crippen molar-refractivity contribution in [3.05, 3.63) is 46.9 Å². The van der Waals surface area contributed by atoms with E-state index in [0.29, 0.717) is 33.7 Å². The van der Waals surface area contributed by atoms with Crippen LogP contribution in [-0.4, -0.2) is 67.5 Å². The lowest BCUT2D eigenvalue weighted by atomic mass is 9.94. The average Bonchev–Trinajstić information content (AvgIpc) is 3.37. The third kappa shape index (κ3) is 5.62. The number of nitrogens with zero attached hydrogens (tertiary/aromatic N) is 2. The summed E-state index contributed by atoms with van der Waals surface area (Å²) in [6, 6.07) is 6.71. The molecule has 0 unspecified atom stereocenters. The normalized spacial score (nSPS) is 18.3. The Morgan fingerprint density at radius 3 is 2.55 bits per heavy atom. The molecule has 3 N–H and O–H groups in total. The summed E-state index contributed by atoms with van der Waals surface area (Å²) in [7, 11) is 1.51. The predicted octanol–water partition coefficient (Wildman–Crippen LogP) is 3.27. The number of carbonyl (C=O) groups is 2. The molecule has 0 bridgehead atoms. The van der Waals surface area contributed by atoms with Crippen molar-refractivity contribution in [3.8, 4) is 5.75 Å². The van der Waals surface area contributed by atoms with Crippen LogP contribution in [0, 0.1) is 5.92 Å². The van der Waals surface area contributed by atoms with Gasteiger partial charge >= 0.3 is 0 Å². The van der Waals surface area contributed by atoms with Crippen LogP contribution in [0.25, 0.3) is 0 Å². The highest BCUT2D eigenvalue weighted by Gasteiger charge is 2.28. The molecular formula is C24H31ClN4O4. The van der Waals surface area contributed by atoms with Crippen molar-refractivity contribution in [2.45, 2.75) is 31.7 Å². The van der Waals surface area contributed by atoms with Crippen LogP contribution in [0.1, 0.15) is 46.6 Å². The Balaban J connectivity index is 1.21. The number of carbonyl (C=O) groups excluding carboxylic acids is 2. The Kier molecular flexibility index (Phi) is 7.45. The number of hydrogen-bond donors (Lipinski definition) is 2. The molecule has 0 radical (unpaired) electrons. The van der Waals surface area contributed by atoms with Gasteiger partial charge in [0, 0.05) is 44.8 Å². The van der Waals surface area contributed by atoms with Gasteiger partial charge in [-0.3, -0.25) is 9.59 Å². The Bertz CT molecular complexity index is 965. The lowest BCUT2D eigenvalue weighted by Crippen LogP contribution is -2.47. The van der Waals surface area contributed by atoms with Gasteiger partial charge in [-0.1, -0.05) is 11.6 Å². The van der Waals surface area contributed by atoms with Crippen molar-refractivity contribution >= 4 is 29.1 Å². The molecule has 2 aliphatic rings. The number of furan rings is 1. The highest BCUT2D eigenvalue weighted by atomic mass is 35.5. The second-order valence-electron chi connectivity index (χ2n) is 8.84. The van der Waals surface area contributed by atoms with Crippen LogP contribution < -0.4 is 15.8 Å². The van der Waals surface area contributed by atoms with Gasteiger partial charge in [-0.2, -0.15) is 0 Å². The molecule has 178 valence electrons. The van der Waals surface area contributed by atoms with Gasteiger partial charge in [0.25, 0.3) is 11.8 Å². The van der Waals surface area contributed by atoms with E-state index in [1.54, 1.807) is 24.3 Å². The number of methoxy groups -OCH3 is 1. The van der Waals surface area contributed by atoms with Crippen molar-refractivity contribution < 1.29 is 18.7 Å². The number of hydrogen-bond acceptors (Lipinski definition) is 6. The summed E-state index contributed by atoms with van der Waals surface area (Å²) in [6.45, 7) is 4.45. The van der Waals surface area contributed by atoms with Gasteiger partial charge in [0.15, 0.2) is 5.76 Å². The third-order valence-electron chi connectivity index (χ3n) is 6.64. The fourth-order valence-electron chi connectivity index (χ4n) is 4.68. The van der Waals surface area contributed by atoms with E-state index in [4.69, 9.17) is 26.5 Å². The lowest BCUT2D eigenvalue weighted by molar-refractivity contribution is 0.0622. The number of anilines is 1. The van der Waals surface area contributed by atoms with Gasteiger partial charge < -0.3 is 30.0 Å². The maximum Gasteiger partial charge on any atom is 0.289 e. The van der Waals surface area contributed by atoms with Crippen LogP contribution in [0.4, 0.5) is 5.69 Å². The SMILES string of the molecule is COc1cc(N)c(Cl)cc1C(=O)NC1CCN(CC2CCN(C(=O)c3ccco3)CC2)CC1. The highest BCUT2D eigenvalue weighted by molar-refractivity contribution is 6.33. The number of nitrogens with one attached hydrogen (secondary N) is 1. The Morgan fingerprint density at radius 1 is 1.18 bits per heavy atom. The molecule has 2 aromatic rings. The van der Waals surface area contributed by atoms with Gasteiger partial charge in [0.1, 0.15) is 5.75 Å². The predicted molar refractivity (Wildman–Crippen MR) is 127 cm³/mol. The standard InChI is InChI=1S/C24H31ClN4O4/c1-32-22-14-20(26)19(25)13-18(22)23(30)27-17-6-8-28(9-7-17)15-16-4-10-29(11-5-16)24(31)21-3-2-12-33-21/h2-3,12-14,16-17H,4-11,15,26H2,1H3,(H,27,30). The quantitative estimate of drug-likeness (QED) is 0.623. The summed E-state index contributed by atoms with van der Waals surface area (Å²) in [5, 5.41) is 3.45. The number of rotatable bonds is 6. The van der Waals surface area contributed by atoms with E-state index in [0.717, 1.165) is 58.4 Å². The number of benzene rings is 1. The zero-order chi connectivity index (χ0) is 23.4. The van der Waals surface area contributed by atoms with Crippen molar-refractivity contribution in [2.24, 2.45) is 5.92 Å². The molecule has 8 nitrogen and oxygen atoms in total. The van der Waals surface area contributed by atoms with E-state index < -0.39 is 0 Å². The van der Waals surface area contributed by atoms with E-state index in [-0.39, 0.29) is 17.9 Å². The van der Waals surface area contributed by atoms with Crippen molar-refractivity contribution in [2.75, 3.05) is 45.6 Å². The Labute approximate surface area is 199 Å². The number of nitrogen functional groups attached to an aromatic ring is 1. The van der Waals surface area contributed by atoms with Crippen molar-refractivity contribution in [1.29, 1.82) is 0 Å². The molecule has 2 fully saturated rings. The maximum absolute atomic E-state index is 12.8. The first kappa shape index (κ1) is 23.4. The fraction of sp³-hybridized carbons (Fsp3) is 0.500. The number of ether oxygens (including phenoxy) is 1. The lowest BCUT2D eigenvalue weighted by Gasteiger charge is -2.37. The summed E-state index contributed by atoms with van der Waals surface area (Å²) < 4.78 is 10.5. The van der Waals surface area contributed by atoms with Crippen LogP contribution in [0.2, 0.25) is 5.02 Å². The Morgan fingerprint density at radius 2 is 1.91 bits per heavy atom. The summed E-state index contributed by atoms with van der Waals surface area (Å²) in [4.78, 5) is 29.6. The first-order valence-electron chi connectivity index (χ1n) is 11.4. The minimum Gasteiger partial charge on any atom is -0.496 e. The molecule has 2 amide bonds. The second kappa shape index (κ2) is 10.5. The van der Waals surface area contributed by atoms with Crippen LogP contribution in [0.3, 0.4) is 0 Å². The molecule has 3 heterocycles. The first-order valence-corrected chi connectivity index (χ1v) is 11.8. The largest absolute Gasteiger partial charge is 0.496 e. The topological polar surface area (TPSA) is 101 Å². The summed E-state index contributed by atoms with van der Waals surface area (Å²) in [5.41, 5.74) is 6.60. The van der Waals surface area contributed by atoms with Gasteiger partial charge in [-0.15, -0.1) is 0 Å². The van der Waals surface area contributed by atoms with Gasteiger partial charge in [-0.05, 0) is 49.8 Å². The van der Waals surface area contributed by atoms with Crippen molar-refractivity contribution in [3.63, 3.8) is 0 Å². The third-order valence-corrected chi connectivity index (χ3v) is 6.96. The molecule has 1 aromatic carbocycles.